The number of hydrogen-bond acceptors (Lipinski definition) is 6. The largest absolute Gasteiger partial charge is 0.744 e. The van der Waals surface area contributed by atoms with Crippen molar-refractivity contribution in [1.82, 2.24) is 4.90 Å². The molecule has 0 fully saturated rings. The highest BCUT2D eigenvalue weighted by atomic mass is 32.2. The molecule has 0 atom stereocenters. The molecule has 232 valence electrons. The van der Waals surface area contributed by atoms with E-state index in [-0.39, 0.29) is 6.04 Å². The summed E-state index contributed by atoms with van der Waals surface area (Å²) in [5, 5.41) is 10.7. The Morgan fingerprint density at radius 2 is 1.38 bits per heavy atom. The second kappa shape index (κ2) is 14.1. The number of allylic oxidation sites excluding steroid dienone is 3. The Morgan fingerprint density at radius 3 is 1.91 bits per heavy atom. The van der Waals surface area contributed by atoms with Crippen molar-refractivity contribution >= 4 is 21.4 Å². The van der Waals surface area contributed by atoms with Crippen LogP contribution >= 0.6 is 0 Å². The van der Waals surface area contributed by atoms with E-state index < -0.39 is 20.8 Å². The number of phenols is 1. The molecule has 1 aliphatic rings. The molecule has 1 aliphatic carbocycles. The summed E-state index contributed by atoms with van der Waals surface area (Å²) in [4.78, 5) is 4.07. The highest BCUT2D eigenvalue weighted by Crippen LogP contribution is 2.37. The van der Waals surface area contributed by atoms with Gasteiger partial charge in [-0.25, -0.2) is 8.42 Å². The summed E-state index contributed by atoms with van der Waals surface area (Å²) in [6.07, 6.45) is 8.51. The van der Waals surface area contributed by atoms with Crippen molar-refractivity contribution in [1.29, 1.82) is 0 Å². The first kappa shape index (κ1) is 32.0. The molecule has 0 amide bonds. The second-order valence-electron chi connectivity index (χ2n) is 11.2. The van der Waals surface area contributed by atoms with Crippen molar-refractivity contribution in [3.05, 3.63) is 155 Å². The topological polar surface area (TPSA) is 83.9 Å². The number of rotatable bonds is 11. The van der Waals surface area contributed by atoms with Crippen LogP contribution in [0.25, 0.3) is 5.57 Å². The number of phenolic OH excluding ortho intramolecular Hbond substituents is 1. The van der Waals surface area contributed by atoms with E-state index in [0.717, 1.165) is 48.6 Å². The number of aryl methyl sites for hydroxylation is 1. The Morgan fingerprint density at radius 1 is 0.800 bits per heavy atom. The van der Waals surface area contributed by atoms with Gasteiger partial charge in [-0.15, -0.1) is 0 Å². The van der Waals surface area contributed by atoms with Gasteiger partial charge in [0.25, 0.3) is 0 Å². The first-order valence-corrected chi connectivity index (χ1v) is 16.7. The fourth-order valence-electron chi connectivity index (χ4n) is 5.83. The molecular formula is C38H39N2O4S-. The number of anilines is 1. The zero-order valence-corrected chi connectivity index (χ0v) is 26.7. The summed E-state index contributed by atoms with van der Waals surface area (Å²) in [6.45, 7) is 9.35. The monoisotopic (exact) mass is 619 g/mol. The summed E-state index contributed by atoms with van der Waals surface area (Å²) in [6, 6.07) is 31.8. The molecular weight excluding hydrogens is 580 g/mol. The van der Waals surface area contributed by atoms with Crippen LogP contribution in [0.2, 0.25) is 0 Å². The summed E-state index contributed by atoms with van der Waals surface area (Å²) in [5.41, 5.74) is 7.46. The second-order valence-corrected chi connectivity index (χ2v) is 12.6. The predicted octanol–water partition coefficient (Wildman–Crippen LogP) is 7.45. The van der Waals surface area contributed by atoms with Crippen LogP contribution < -0.4 is 4.90 Å². The van der Waals surface area contributed by atoms with E-state index >= 15 is 0 Å². The van der Waals surface area contributed by atoms with Crippen LogP contribution in [0.4, 0.5) is 5.69 Å². The fourth-order valence-corrected chi connectivity index (χ4v) is 6.46. The van der Waals surface area contributed by atoms with Crippen LogP contribution in [-0.4, -0.2) is 42.1 Å². The minimum atomic E-state index is -4.83. The van der Waals surface area contributed by atoms with E-state index in [1.54, 1.807) is 6.92 Å². The minimum absolute atomic E-state index is 0.0983. The third kappa shape index (κ3) is 7.63. The maximum Gasteiger partial charge on any atom is 0.133 e. The smallest absolute Gasteiger partial charge is 0.133 e. The lowest BCUT2D eigenvalue weighted by molar-refractivity contribution is 0.264. The average molecular weight is 620 g/mol. The Kier molecular flexibility index (Phi) is 10.0. The molecule has 0 saturated heterocycles. The molecule has 0 aromatic heterocycles. The Hall–Kier alpha value is -4.43. The van der Waals surface area contributed by atoms with Gasteiger partial charge in [0.1, 0.15) is 15.9 Å². The molecule has 5 rings (SSSR count). The van der Waals surface area contributed by atoms with Crippen LogP contribution in [0, 0.1) is 6.92 Å². The molecule has 0 bridgehead atoms. The van der Waals surface area contributed by atoms with Crippen molar-refractivity contribution in [2.24, 2.45) is 0 Å². The number of likely N-dealkylation sites (N-methyl/N-ethyl adjacent to an activating group) is 1. The number of nitrogens with zero attached hydrogens (tertiary/aromatic N) is 2. The lowest BCUT2D eigenvalue weighted by atomic mass is 9.88. The molecule has 0 spiro atoms. The lowest BCUT2D eigenvalue weighted by Crippen LogP contribution is -2.32. The first-order valence-electron chi connectivity index (χ1n) is 15.3. The van der Waals surface area contributed by atoms with Gasteiger partial charge < -0.3 is 14.6 Å². The Labute approximate surface area is 267 Å². The summed E-state index contributed by atoms with van der Waals surface area (Å²) in [5.74, 6) is -0.554. The molecule has 0 unspecified atom stereocenters. The third-order valence-corrected chi connectivity index (χ3v) is 9.12. The minimum Gasteiger partial charge on any atom is -0.744 e. The van der Waals surface area contributed by atoms with E-state index in [2.05, 4.69) is 109 Å². The van der Waals surface area contributed by atoms with Crippen LogP contribution in [0.1, 0.15) is 41.7 Å². The van der Waals surface area contributed by atoms with Gasteiger partial charge in [0.05, 0.1) is 4.90 Å². The van der Waals surface area contributed by atoms with Gasteiger partial charge >= 0.3 is 0 Å². The van der Waals surface area contributed by atoms with E-state index in [0.29, 0.717) is 11.1 Å². The number of benzene rings is 4. The van der Waals surface area contributed by atoms with Crippen molar-refractivity contribution in [3.63, 3.8) is 0 Å². The summed E-state index contributed by atoms with van der Waals surface area (Å²) < 4.78 is 35.5. The van der Waals surface area contributed by atoms with Gasteiger partial charge in [0, 0.05) is 31.4 Å². The van der Waals surface area contributed by atoms with Gasteiger partial charge in [0.15, 0.2) is 0 Å². The lowest BCUT2D eigenvalue weighted by Gasteiger charge is -2.28. The highest BCUT2D eigenvalue weighted by molar-refractivity contribution is 7.85. The number of aromatic hydroxyl groups is 1. The van der Waals surface area contributed by atoms with Crippen molar-refractivity contribution in [3.8, 4) is 5.75 Å². The number of hydrogen-bond donors (Lipinski definition) is 1. The van der Waals surface area contributed by atoms with Crippen LogP contribution in [0.15, 0.2) is 132 Å². The van der Waals surface area contributed by atoms with E-state index in [9.17, 15) is 18.1 Å². The maximum absolute atomic E-state index is 11.8. The SMILES string of the molecule is CCN(Cc1ccccc1)c1ccc(C(=C2C=CC(N(CC)Cc3ccccc3)C=C2)c2cc(O)c(S(=O)(=O)[O-])cc2C)cc1. The van der Waals surface area contributed by atoms with Gasteiger partial charge in [-0.3, -0.25) is 4.90 Å². The van der Waals surface area contributed by atoms with Crippen LogP contribution in [-0.2, 0) is 23.2 Å². The normalized spacial score (nSPS) is 14.6. The van der Waals surface area contributed by atoms with Crippen molar-refractivity contribution in [2.45, 2.75) is 44.8 Å². The standard InChI is InChI=1S/C38H40N2O4S/c1-4-39(26-29-12-8-6-9-13-29)33-20-16-31(17-21-33)38(35-25-36(41)37(24-28(35)3)45(42,43)44)32-18-22-34(23-19-32)40(5-2)27-30-14-10-7-11-15-30/h6-25,33,41H,4-5,26-27H2,1-3H3,(H,42,43,44)/p-1. The summed E-state index contributed by atoms with van der Waals surface area (Å²) in [7, 11) is -4.83. The van der Waals surface area contributed by atoms with E-state index in [4.69, 9.17) is 0 Å². The molecule has 1 N–H and O–H groups in total. The molecule has 6 nitrogen and oxygen atoms in total. The highest BCUT2D eigenvalue weighted by Gasteiger charge is 2.20. The predicted molar refractivity (Wildman–Crippen MR) is 181 cm³/mol. The van der Waals surface area contributed by atoms with E-state index in [1.165, 1.54) is 23.3 Å². The zero-order chi connectivity index (χ0) is 32.0. The summed E-state index contributed by atoms with van der Waals surface area (Å²) >= 11 is 0. The third-order valence-electron chi connectivity index (χ3n) is 8.25. The van der Waals surface area contributed by atoms with Gasteiger partial charge in [-0.1, -0.05) is 104 Å². The zero-order valence-electron chi connectivity index (χ0n) is 25.9. The first-order chi connectivity index (χ1) is 21.7. The van der Waals surface area contributed by atoms with Gasteiger partial charge in [0.2, 0.25) is 0 Å². The van der Waals surface area contributed by atoms with E-state index in [1.807, 2.05) is 24.3 Å². The van der Waals surface area contributed by atoms with Crippen molar-refractivity contribution < 1.29 is 18.1 Å². The molecule has 0 heterocycles. The molecule has 7 heteroatoms. The average Bonchev–Trinajstić information content (AvgIpc) is 3.05. The van der Waals surface area contributed by atoms with Crippen LogP contribution in [0.5, 0.6) is 5.75 Å². The molecule has 0 saturated carbocycles. The Balaban J connectivity index is 1.53. The Bertz CT molecular complexity index is 1800. The van der Waals surface area contributed by atoms with Gasteiger partial charge in [-0.05, 0) is 83.6 Å². The molecule has 4 aromatic carbocycles. The molecule has 4 aromatic rings. The molecule has 0 radical (unpaired) electrons. The quantitative estimate of drug-likeness (QED) is 0.176. The maximum atomic E-state index is 11.8. The van der Waals surface area contributed by atoms with Crippen LogP contribution in [0.3, 0.4) is 0 Å². The molecule has 0 aliphatic heterocycles. The van der Waals surface area contributed by atoms with Gasteiger partial charge in [-0.2, -0.15) is 0 Å². The fraction of sp³-hybridized carbons (Fsp3) is 0.211. The molecule has 45 heavy (non-hydrogen) atoms. The van der Waals surface area contributed by atoms with Crippen molar-refractivity contribution in [2.75, 3.05) is 18.0 Å².